The van der Waals surface area contributed by atoms with Gasteiger partial charge in [0.05, 0.1) is 6.26 Å². The Morgan fingerprint density at radius 3 is 2.45 bits per heavy atom. The van der Waals surface area contributed by atoms with Gasteiger partial charge in [0.2, 0.25) is 5.91 Å². The maximum Gasteiger partial charge on any atom is 0.339 e. The average Bonchev–Trinajstić information content (AvgIpc) is 2.97. The molecule has 0 radical (unpaired) electrons. The number of rotatable bonds is 4. The van der Waals surface area contributed by atoms with Crippen molar-refractivity contribution in [3.05, 3.63) is 45.5 Å². The van der Waals surface area contributed by atoms with E-state index < -0.39 is 0 Å². The van der Waals surface area contributed by atoms with E-state index in [0.29, 0.717) is 23.2 Å². The Morgan fingerprint density at radius 1 is 1.10 bits per heavy atom. The highest BCUT2D eigenvalue weighted by atomic mass is 16.4. The monoisotopic (exact) mass is 424 g/mol. The summed E-state index contributed by atoms with van der Waals surface area (Å²) in [5.74, 6) is -0.0291. The smallest absolute Gasteiger partial charge is 0.339 e. The number of carbonyl (C=O) groups is 1. The normalized spacial score (nSPS) is 18.5. The fourth-order valence-corrected chi connectivity index (χ4v) is 5.29. The Bertz CT molecular complexity index is 1200. The quantitative estimate of drug-likeness (QED) is 0.602. The van der Waals surface area contributed by atoms with Gasteiger partial charge in [0.1, 0.15) is 11.2 Å². The van der Waals surface area contributed by atoms with Crippen LogP contribution in [-0.2, 0) is 11.2 Å². The molecule has 0 aliphatic carbocycles. The minimum atomic E-state index is -0.385. The number of aryl methyl sites for hydroxylation is 2. The van der Waals surface area contributed by atoms with Crippen molar-refractivity contribution >= 4 is 27.8 Å². The molecule has 6 heteroatoms. The van der Waals surface area contributed by atoms with Crippen molar-refractivity contribution in [3.63, 3.8) is 0 Å². The highest BCUT2D eigenvalue weighted by Crippen LogP contribution is 2.30. The van der Waals surface area contributed by atoms with Crippen LogP contribution in [0, 0.1) is 13.8 Å². The summed E-state index contributed by atoms with van der Waals surface area (Å²) in [5.41, 5.74) is 3.23. The molecule has 31 heavy (non-hydrogen) atoms. The third kappa shape index (κ3) is 4.40. The molecule has 4 rings (SSSR count). The van der Waals surface area contributed by atoms with Crippen molar-refractivity contribution in [3.8, 4) is 0 Å². The fourth-order valence-electron chi connectivity index (χ4n) is 5.29. The molecule has 1 fully saturated rings. The number of amides is 1. The second-order valence-corrected chi connectivity index (χ2v) is 10.3. The van der Waals surface area contributed by atoms with Crippen molar-refractivity contribution < 1.29 is 13.6 Å². The molecule has 1 saturated heterocycles. The zero-order chi connectivity index (χ0) is 22.6. The van der Waals surface area contributed by atoms with E-state index in [0.717, 1.165) is 34.7 Å². The molecule has 1 aromatic carbocycles. The second kappa shape index (κ2) is 7.52. The zero-order valence-corrected chi connectivity index (χ0v) is 19.3. The SMILES string of the molecule is Cc1coc2cc3oc(=O)c(CCC(=O)NC4CC(C)(C)NC(C)(C)C4)c(C)c3cc12. The molecule has 0 saturated carbocycles. The Labute approximate surface area is 182 Å². The van der Waals surface area contributed by atoms with Gasteiger partial charge < -0.3 is 19.5 Å². The molecule has 2 N–H and O–H groups in total. The Morgan fingerprint density at radius 2 is 1.77 bits per heavy atom. The zero-order valence-electron chi connectivity index (χ0n) is 19.3. The Hall–Kier alpha value is -2.60. The van der Waals surface area contributed by atoms with E-state index in [4.69, 9.17) is 8.83 Å². The Kier molecular flexibility index (Phi) is 5.24. The molecule has 0 bridgehead atoms. The minimum absolute atomic E-state index is 0.0291. The molecule has 0 atom stereocenters. The largest absolute Gasteiger partial charge is 0.464 e. The van der Waals surface area contributed by atoms with Crippen LogP contribution in [0.2, 0.25) is 0 Å². The summed E-state index contributed by atoms with van der Waals surface area (Å²) >= 11 is 0. The number of furan rings is 1. The van der Waals surface area contributed by atoms with Crippen LogP contribution in [0.3, 0.4) is 0 Å². The van der Waals surface area contributed by atoms with Crippen LogP contribution >= 0.6 is 0 Å². The van der Waals surface area contributed by atoms with E-state index in [9.17, 15) is 9.59 Å². The lowest BCUT2D eigenvalue weighted by atomic mass is 9.79. The van der Waals surface area contributed by atoms with E-state index in [1.165, 1.54) is 0 Å². The van der Waals surface area contributed by atoms with Crippen molar-refractivity contribution in [1.29, 1.82) is 0 Å². The number of nitrogens with one attached hydrogen (secondary N) is 2. The molecular formula is C25H32N2O4. The van der Waals surface area contributed by atoms with Gasteiger partial charge in [-0.2, -0.15) is 0 Å². The van der Waals surface area contributed by atoms with Gasteiger partial charge in [-0.25, -0.2) is 4.79 Å². The summed E-state index contributed by atoms with van der Waals surface area (Å²) in [5, 5.41) is 8.70. The van der Waals surface area contributed by atoms with E-state index in [1.54, 1.807) is 12.3 Å². The molecule has 6 nitrogen and oxygen atoms in total. The first-order valence-electron chi connectivity index (χ1n) is 11.0. The van der Waals surface area contributed by atoms with Crippen LogP contribution in [0.25, 0.3) is 21.9 Å². The predicted molar refractivity (Wildman–Crippen MR) is 123 cm³/mol. The average molecular weight is 425 g/mol. The molecule has 166 valence electrons. The molecule has 2 aromatic heterocycles. The number of fused-ring (bicyclic) bond motifs is 2. The first-order chi connectivity index (χ1) is 14.4. The van der Waals surface area contributed by atoms with Crippen LogP contribution < -0.4 is 16.3 Å². The van der Waals surface area contributed by atoms with Crippen molar-refractivity contribution in [2.24, 2.45) is 0 Å². The third-order valence-corrected chi connectivity index (χ3v) is 6.33. The van der Waals surface area contributed by atoms with Crippen LogP contribution in [0.15, 0.2) is 32.0 Å². The highest BCUT2D eigenvalue weighted by molar-refractivity contribution is 5.96. The fraction of sp³-hybridized carbons (Fsp3) is 0.520. The summed E-state index contributed by atoms with van der Waals surface area (Å²) in [4.78, 5) is 25.3. The predicted octanol–water partition coefficient (Wildman–Crippen LogP) is 4.51. The topological polar surface area (TPSA) is 84.5 Å². The van der Waals surface area contributed by atoms with Crippen LogP contribution in [0.5, 0.6) is 0 Å². The summed E-state index contributed by atoms with van der Waals surface area (Å²) < 4.78 is 11.1. The van der Waals surface area contributed by atoms with Crippen molar-refractivity contribution in [2.75, 3.05) is 0 Å². The van der Waals surface area contributed by atoms with Gasteiger partial charge in [-0.3, -0.25) is 4.79 Å². The van der Waals surface area contributed by atoms with Crippen LogP contribution in [-0.4, -0.2) is 23.0 Å². The van der Waals surface area contributed by atoms with Gasteiger partial charge in [0.25, 0.3) is 0 Å². The van der Waals surface area contributed by atoms with E-state index >= 15 is 0 Å². The Balaban J connectivity index is 1.52. The maximum atomic E-state index is 12.7. The summed E-state index contributed by atoms with van der Waals surface area (Å²) in [6.07, 6.45) is 4.06. The molecular weight excluding hydrogens is 392 g/mol. The van der Waals surface area contributed by atoms with Gasteiger partial charge >= 0.3 is 5.63 Å². The molecule has 3 heterocycles. The molecule has 1 aliphatic heterocycles. The lowest BCUT2D eigenvalue weighted by molar-refractivity contribution is -0.122. The van der Waals surface area contributed by atoms with E-state index in [-0.39, 0.29) is 35.1 Å². The number of carbonyl (C=O) groups excluding carboxylic acids is 1. The van der Waals surface area contributed by atoms with E-state index in [1.807, 2.05) is 19.9 Å². The van der Waals surface area contributed by atoms with Gasteiger partial charge in [-0.1, -0.05) is 0 Å². The number of hydrogen-bond acceptors (Lipinski definition) is 5. The molecule has 3 aromatic rings. The van der Waals surface area contributed by atoms with Crippen LogP contribution in [0.1, 0.15) is 63.6 Å². The van der Waals surface area contributed by atoms with Gasteiger partial charge in [-0.05, 0) is 78.0 Å². The van der Waals surface area contributed by atoms with E-state index in [2.05, 4.69) is 38.3 Å². The van der Waals surface area contributed by atoms with Gasteiger partial charge in [0, 0.05) is 45.9 Å². The molecule has 0 spiro atoms. The summed E-state index contributed by atoms with van der Waals surface area (Å²) in [7, 11) is 0. The summed E-state index contributed by atoms with van der Waals surface area (Å²) in [6, 6.07) is 3.89. The number of piperidine rings is 1. The van der Waals surface area contributed by atoms with Gasteiger partial charge in [-0.15, -0.1) is 0 Å². The van der Waals surface area contributed by atoms with Gasteiger partial charge in [0.15, 0.2) is 0 Å². The summed E-state index contributed by atoms with van der Waals surface area (Å²) in [6.45, 7) is 12.6. The maximum absolute atomic E-state index is 12.7. The number of hydrogen-bond donors (Lipinski definition) is 2. The first kappa shape index (κ1) is 21.6. The van der Waals surface area contributed by atoms with Crippen molar-refractivity contribution in [2.45, 2.75) is 84.3 Å². The first-order valence-corrected chi connectivity index (χ1v) is 11.0. The molecule has 0 unspecified atom stereocenters. The lowest BCUT2D eigenvalue weighted by Crippen LogP contribution is -2.62. The third-order valence-electron chi connectivity index (χ3n) is 6.33. The second-order valence-electron chi connectivity index (χ2n) is 10.3. The number of benzene rings is 1. The highest BCUT2D eigenvalue weighted by Gasteiger charge is 2.38. The molecule has 1 aliphatic rings. The minimum Gasteiger partial charge on any atom is -0.464 e. The van der Waals surface area contributed by atoms with Crippen LogP contribution in [0.4, 0.5) is 0 Å². The lowest BCUT2D eigenvalue weighted by Gasteiger charge is -2.46. The van der Waals surface area contributed by atoms with Crippen molar-refractivity contribution in [1.82, 2.24) is 10.6 Å². The standard InChI is InChI=1S/C25H32N2O4/c1-14-13-30-20-10-21-19(9-18(14)20)15(2)17(23(29)31-21)7-8-22(28)26-16-11-24(3,4)27-25(5,6)12-16/h9-10,13,16,27H,7-8,11-12H2,1-6H3,(H,26,28). The molecule has 1 amide bonds.